The average Bonchev–Trinajstić information content (AvgIpc) is 3.29. The van der Waals surface area contributed by atoms with Crippen LogP contribution in [0.3, 0.4) is 0 Å². The average molecular weight is 529 g/mol. The van der Waals surface area contributed by atoms with Crippen LogP contribution >= 0.6 is 0 Å². The minimum absolute atomic E-state index is 0.133. The van der Waals surface area contributed by atoms with Crippen molar-refractivity contribution in [3.63, 3.8) is 0 Å². The zero-order valence-corrected chi connectivity index (χ0v) is 24.9. The molecule has 0 saturated heterocycles. The number of rotatable bonds is 7. The Labute approximate surface area is 236 Å². The number of carbonyl (C=O) groups is 2. The molecule has 5 rings (SSSR count). The van der Waals surface area contributed by atoms with Gasteiger partial charge in [-0.25, -0.2) is 4.79 Å². The number of hydrogen-bond acceptors (Lipinski definition) is 3. The molecule has 0 amide bonds. The molecule has 0 aromatic heterocycles. The third-order valence-electron chi connectivity index (χ3n) is 11.5. The fraction of sp³-hybridized carbons (Fsp3) is 0.611. The highest BCUT2D eigenvalue weighted by atomic mass is 16.5. The summed E-state index contributed by atoms with van der Waals surface area (Å²) >= 11 is 0. The number of hydrogen-bond donors (Lipinski definition) is 0. The SMILES string of the molecule is CC(C)[C@@H](C)/C=C/[C@@H](C)[C@@H]1CC[C@@H]2C3=CC=C4C[C@H](OC(=O)C(=O)c5ccccc5)CC[C@]4(C)[C@@H]3CC[C@@]21C. The Morgan fingerprint density at radius 2 is 1.64 bits per heavy atom. The van der Waals surface area contributed by atoms with E-state index in [0.29, 0.717) is 40.6 Å². The van der Waals surface area contributed by atoms with Crippen molar-refractivity contribution >= 4 is 11.8 Å². The molecule has 0 bridgehead atoms. The van der Waals surface area contributed by atoms with Crippen LogP contribution in [0, 0.1) is 46.3 Å². The van der Waals surface area contributed by atoms with Gasteiger partial charge in [0.25, 0.3) is 5.78 Å². The van der Waals surface area contributed by atoms with Crippen LogP contribution in [0.15, 0.2) is 65.8 Å². The van der Waals surface area contributed by atoms with Crippen LogP contribution in [0.1, 0.15) is 96.8 Å². The van der Waals surface area contributed by atoms with Crippen LogP contribution in [0.25, 0.3) is 0 Å². The molecule has 0 heterocycles. The minimum Gasteiger partial charge on any atom is -0.456 e. The number of benzene rings is 1. The smallest absolute Gasteiger partial charge is 0.379 e. The normalized spacial score (nSPS) is 35.4. The summed E-state index contributed by atoms with van der Waals surface area (Å²) < 4.78 is 5.76. The van der Waals surface area contributed by atoms with Gasteiger partial charge in [0.2, 0.25) is 0 Å². The fourth-order valence-electron chi connectivity index (χ4n) is 8.59. The predicted octanol–water partition coefficient (Wildman–Crippen LogP) is 8.76. The Morgan fingerprint density at radius 1 is 0.897 bits per heavy atom. The van der Waals surface area contributed by atoms with Crippen LogP contribution < -0.4 is 0 Å². The van der Waals surface area contributed by atoms with Gasteiger partial charge in [-0.2, -0.15) is 0 Å². The van der Waals surface area contributed by atoms with E-state index >= 15 is 0 Å². The maximum Gasteiger partial charge on any atom is 0.379 e. The molecule has 0 unspecified atom stereocenters. The van der Waals surface area contributed by atoms with Crippen molar-refractivity contribution in [3.05, 3.63) is 71.3 Å². The highest BCUT2D eigenvalue weighted by molar-refractivity contribution is 6.40. The van der Waals surface area contributed by atoms with Crippen molar-refractivity contribution in [1.82, 2.24) is 0 Å². The quantitative estimate of drug-likeness (QED) is 0.154. The lowest BCUT2D eigenvalue weighted by molar-refractivity contribution is -0.145. The van der Waals surface area contributed by atoms with E-state index in [1.165, 1.54) is 31.3 Å². The number of esters is 1. The highest BCUT2D eigenvalue weighted by Crippen LogP contribution is 2.66. The van der Waals surface area contributed by atoms with E-state index in [9.17, 15) is 9.59 Å². The number of ketones is 1. The van der Waals surface area contributed by atoms with Gasteiger partial charge in [0.1, 0.15) is 6.10 Å². The van der Waals surface area contributed by atoms with Crippen molar-refractivity contribution in [1.29, 1.82) is 0 Å². The number of ether oxygens (including phenoxy) is 1. The largest absolute Gasteiger partial charge is 0.456 e. The third-order valence-corrected chi connectivity index (χ3v) is 11.5. The molecule has 0 N–H and O–H groups in total. The molecule has 0 radical (unpaired) electrons. The van der Waals surface area contributed by atoms with E-state index in [1.54, 1.807) is 29.8 Å². The summed E-state index contributed by atoms with van der Waals surface area (Å²) in [7, 11) is 0. The predicted molar refractivity (Wildman–Crippen MR) is 158 cm³/mol. The van der Waals surface area contributed by atoms with Crippen molar-refractivity contribution in [3.8, 4) is 0 Å². The second-order valence-corrected chi connectivity index (χ2v) is 13.9. The number of carbonyl (C=O) groups excluding carboxylic acids is 2. The number of fused-ring (bicyclic) bond motifs is 5. The van der Waals surface area contributed by atoms with Gasteiger partial charge in [-0.15, -0.1) is 0 Å². The van der Waals surface area contributed by atoms with E-state index in [4.69, 9.17) is 4.74 Å². The van der Waals surface area contributed by atoms with Crippen molar-refractivity contribution in [2.75, 3.05) is 0 Å². The highest BCUT2D eigenvalue weighted by Gasteiger charge is 2.57. The first-order valence-corrected chi connectivity index (χ1v) is 15.4. The van der Waals surface area contributed by atoms with Crippen LogP contribution in [0.2, 0.25) is 0 Å². The van der Waals surface area contributed by atoms with Crippen molar-refractivity contribution < 1.29 is 14.3 Å². The second kappa shape index (κ2) is 10.9. The number of Topliss-reactive ketones (excluding diaryl/α,β-unsaturated/α-hetero) is 1. The molecule has 3 fully saturated rings. The zero-order valence-electron chi connectivity index (χ0n) is 24.9. The van der Waals surface area contributed by atoms with Gasteiger partial charge in [-0.1, -0.05) is 107 Å². The maximum atomic E-state index is 12.6. The maximum absolute atomic E-state index is 12.6. The summed E-state index contributed by atoms with van der Waals surface area (Å²) in [4.78, 5) is 25.2. The second-order valence-electron chi connectivity index (χ2n) is 13.9. The lowest BCUT2D eigenvalue weighted by atomic mass is 9.50. The lowest BCUT2D eigenvalue weighted by Gasteiger charge is -2.55. The molecule has 3 saturated carbocycles. The number of allylic oxidation sites excluding steroid dienone is 5. The molecule has 3 nitrogen and oxygen atoms in total. The van der Waals surface area contributed by atoms with Crippen molar-refractivity contribution in [2.24, 2.45) is 46.3 Å². The van der Waals surface area contributed by atoms with Gasteiger partial charge in [-0.05, 0) is 84.9 Å². The summed E-state index contributed by atoms with van der Waals surface area (Å²) in [6.45, 7) is 14.5. The lowest BCUT2D eigenvalue weighted by Crippen LogP contribution is -2.47. The molecular weight excluding hydrogens is 480 g/mol. The van der Waals surface area contributed by atoms with Crippen LogP contribution in [0.5, 0.6) is 0 Å². The standard InChI is InChI=1S/C36H48O3/c1-23(2)24(3)12-13-25(4)30-16-17-31-29-15-14-27-22-28(39-34(38)33(37)26-10-8-7-9-11-26)18-20-35(27,5)32(29)19-21-36(30,31)6/h7-15,23-25,28,30-32H,16-22H2,1-6H3/b13-12+/t24-,25+,28+,30-,31+,32+,35-,36+/m0/s1. The van der Waals surface area contributed by atoms with E-state index in [-0.39, 0.29) is 11.5 Å². The van der Waals surface area contributed by atoms with Gasteiger partial charge >= 0.3 is 5.97 Å². The fourth-order valence-corrected chi connectivity index (χ4v) is 8.59. The van der Waals surface area contributed by atoms with Gasteiger partial charge in [0.15, 0.2) is 0 Å². The van der Waals surface area contributed by atoms with E-state index in [1.807, 2.05) is 6.07 Å². The molecule has 0 aliphatic heterocycles. The van der Waals surface area contributed by atoms with Gasteiger partial charge < -0.3 is 4.74 Å². The molecule has 210 valence electrons. The Kier molecular flexibility index (Phi) is 7.83. The van der Waals surface area contributed by atoms with Crippen molar-refractivity contribution in [2.45, 2.75) is 92.6 Å². The summed E-state index contributed by atoms with van der Waals surface area (Å²) in [6, 6.07) is 8.73. The molecule has 0 spiro atoms. The molecule has 8 atom stereocenters. The summed E-state index contributed by atoms with van der Waals surface area (Å²) in [6.07, 6.45) is 17.3. The van der Waals surface area contributed by atoms with Crippen LogP contribution in [-0.4, -0.2) is 17.9 Å². The Balaban J connectivity index is 1.29. The summed E-state index contributed by atoms with van der Waals surface area (Å²) in [5, 5.41) is 0. The van der Waals surface area contributed by atoms with E-state index in [0.717, 1.165) is 25.2 Å². The molecule has 4 aliphatic rings. The summed E-state index contributed by atoms with van der Waals surface area (Å²) in [5.41, 5.74) is 4.00. The first-order valence-electron chi connectivity index (χ1n) is 15.4. The Bertz CT molecular complexity index is 1170. The zero-order chi connectivity index (χ0) is 27.9. The van der Waals surface area contributed by atoms with Crippen LogP contribution in [-0.2, 0) is 9.53 Å². The molecule has 39 heavy (non-hydrogen) atoms. The first-order chi connectivity index (χ1) is 18.5. The molecular formula is C36H48O3. The molecule has 1 aromatic carbocycles. The molecule has 3 heteroatoms. The van der Waals surface area contributed by atoms with E-state index < -0.39 is 11.8 Å². The summed E-state index contributed by atoms with van der Waals surface area (Å²) in [5.74, 6) is 2.67. The molecule has 4 aliphatic carbocycles. The first kappa shape index (κ1) is 28.1. The molecule has 1 aromatic rings. The monoisotopic (exact) mass is 528 g/mol. The van der Waals surface area contributed by atoms with Crippen LogP contribution in [0.4, 0.5) is 0 Å². The Morgan fingerprint density at radius 3 is 2.36 bits per heavy atom. The topological polar surface area (TPSA) is 43.4 Å². The van der Waals surface area contributed by atoms with Gasteiger partial charge in [-0.3, -0.25) is 4.79 Å². The Hall–Kier alpha value is -2.42. The minimum atomic E-state index is -0.723. The van der Waals surface area contributed by atoms with Gasteiger partial charge in [0.05, 0.1) is 0 Å². The van der Waals surface area contributed by atoms with E-state index in [2.05, 4.69) is 65.8 Å². The van der Waals surface area contributed by atoms with Gasteiger partial charge in [0, 0.05) is 12.0 Å². The third kappa shape index (κ3) is 5.11.